The maximum absolute atomic E-state index is 12.7. The molecule has 0 aliphatic rings. The van der Waals surface area contributed by atoms with Gasteiger partial charge in [-0.2, -0.15) is 0 Å². The number of fused-ring (bicyclic) bond motifs is 1. The molecular formula is C21H18N2O5. The lowest BCUT2D eigenvalue weighted by Crippen LogP contribution is -2.11. The van der Waals surface area contributed by atoms with E-state index in [1.165, 1.54) is 0 Å². The number of carbonyl (C=O) groups excluding carboxylic acids is 1. The molecule has 2 heterocycles. The van der Waals surface area contributed by atoms with Crippen molar-refractivity contribution in [3.8, 4) is 11.5 Å². The van der Waals surface area contributed by atoms with Crippen molar-refractivity contribution in [2.45, 2.75) is 19.6 Å². The van der Waals surface area contributed by atoms with Gasteiger partial charge in [-0.3, -0.25) is 0 Å². The first-order chi connectivity index (χ1) is 13.7. The SMILES string of the molecule is COCc1c(C(=O)O[C@H](C)c2nnc(-c3ccccc3)o2)oc2ccccc12. The lowest BCUT2D eigenvalue weighted by Gasteiger charge is -2.09. The number of ether oxygens (including phenoxy) is 2. The topological polar surface area (TPSA) is 87.6 Å². The molecule has 4 aromatic rings. The van der Waals surface area contributed by atoms with E-state index in [2.05, 4.69) is 10.2 Å². The molecule has 7 nitrogen and oxygen atoms in total. The molecule has 2 aromatic carbocycles. The number of hydrogen-bond donors (Lipinski definition) is 0. The van der Waals surface area contributed by atoms with E-state index in [0.29, 0.717) is 17.0 Å². The average molecular weight is 378 g/mol. The molecule has 7 heteroatoms. The van der Waals surface area contributed by atoms with Gasteiger partial charge >= 0.3 is 5.97 Å². The molecule has 0 amide bonds. The van der Waals surface area contributed by atoms with Gasteiger partial charge in [0.1, 0.15) is 5.58 Å². The van der Waals surface area contributed by atoms with Crippen LogP contribution in [0.3, 0.4) is 0 Å². The number of furan rings is 1. The van der Waals surface area contributed by atoms with Crippen LogP contribution in [0.5, 0.6) is 0 Å². The zero-order valence-corrected chi connectivity index (χ0v) is 15.4. The summed E-state index contributed by atoms with van der Waals surface area (Å²) in [5.41, 5.74) is 2.03. The number of hydrogen-bond acceptors (Lipinski definition) is 7. The Bertz CT molecular complexity index is 1100. The Kier molecular flexibility index (Phi) is 4.90. The molecule has 0 bridgehead atoms. The molecule has 0 fully saturated rings. The number of nitrogens with zero attached hydrogens (tertiary/aromatic N) is 2. The monoisotopic (exact) mass is 378 g/mol. The van der Waals surface area contributed by atoms with E-state index in [9.17, 15) is 4.79 Å². The van der Waals surface area contributed by atoms with E-state index in [4.69, 9.17) is 18.3 Å². The minimum Gasteiger partial charge on any atom is -0.449 e. The van der Waals surface area contributed by atoms with Gasteiger partial charge in [0.2, 0.25) is 11.7 Å². The number of benzene rings is 2. The molecule has 1 atom stereocenters. The van der Waals surface area contributed by atoms with Crippen molar-refractivity contribution in [1.29, 1.82) is 0 Å². The summed E-state index contributed by atoms with van der Waals surface area (Å²) in [5, 5.41) is 8.82. The van der Waals surface area contributed by atoms with E-state index in [-0.39, 0.29) is 18.3 Å². The average Bonchev–Trinajstić information content (AvgIpc) is 3.35. The van der Waals surface area contributed by atoms with Gasteiger partial charge in [0, 0.05) is 23.6 Å². The number of esters is 1. The molecule has 0 aliphatic carbocycles. The first-order valence-electron chi connectivity index (χ1n) is 8.76. The Morgan fingerprint density at radius 3 is 2.57 bits per heavy atom. The van der Waals surface area contributed by atoms with Gasteiger partial charge in [-0.15, -0.1) is 10.2 Å². The molecule has 0 N–H and O–H groups in total. The molecule has 28 heavy (non-hydrogen) atoms. The zero-order chi connectivity index (χ0) is 19.5. The van der Waals surface area contributed by atoms with Crippen LogP contribution in [-0.2, 0) is 16.1 Å². The third kappa shape index (κ3) is 3.39. The fraction of sp³-hybridized carbons (Fsp3) is 0.190. The third-order valence-corrected chi connectivity index (χ3v) is 4.27. The number of methoxy groups -OCH3 is 1. The molecular weight excluding hydrogens is 360 g/mol. The standard InChI is InChI=1S/C21H18N2O5/c1-13(19-22-23-20(28-19)14-8-4-3-5-9-14)26-21(24)18-16(12-25-2)15-10-6-7-11-17(15)27-18/h3-11,13H,12H2,1-2H3/t13-/m1/s1. The van der Waals surface area contributed by atoms with Gasteiger partial charge < -0.3 is 18.3 Å². The van der Waals surface area contributed by atoms with Crippen molar-refractivity contribution in [3.05, 3.63) is 71.8 Å². The van der Waals surface area contributed by atoms with Gasteiger partial charge in [-0.1, -0.05) is 36.4 Å². The first kappa shape index (κ1) is 17.9. The largest absolute Gasteiger partial charge is 0.449 e. The Morgan fingerprint density at radius 2 is 1.79 bits per heavy atom. The van der Waals surface area contributed by atoms with Crippen LogP contribution in [0.15, 0.2) is 63.4 Å². The van der Waals surface area contributed by atoms with Gasteiger partial charge in [0.25, 0.3) is 5.89 Å². The smallest absolute Gasteiger partial charge is 0.375 e. The van der Waals surface area contributed by atoms with Gasteiger partial charge in [-0.25, -0.2) is 4.79 Å². The molecule has 0 spiro atoms. The number of rotatable bonds is 6. The van der Waals surface area contributed by atoms with Crippen LogP contribution in [0.4, 0.5) is 0 Å². The molecule has 0 radical (unpaired) electrons. The first-order valence-corrected chi connectivity index (χ1v) is 8.76. The highest BCUT2D eigenvalue weighted by Gasteiger charge is 2.26. The number of aromatic nitrogens is 2. The third-order valence-electron chi connectivity index (χ3n) is 4.27. The second-order valence-electron chi connectivity index (χ2n) is 6.20. The van der Waals surface area contributed by atoms with E-state index in [1.807, 2.05) is 48.5 Å². The summed E-state index contributed by atoms with van der Waals surface area (Å²) in [7, 11) is 1.56. The maximum atomic E-state index is 12.7. The summed E-state index contributed by atoms with van der Waals surface area (Å²) in [4.78, 5) is 12.7. The van der Waals surface area contributed by atoms with E-state index in [1.54, 1.807) is 20.1 Å². The summed E-state index contributed by atoms with van der Waals surface area (Å²) < 4.78 is 22.1. The lowest BCUT2D eigenvalue weighted by atomic mass is 10.1. The Labute approximate surface area is 160 Å². The van der Waals surface area contributed by atoms with Crippen molar-refractivity contribution >= 4 is 16.9 Å². The van der Waals surface area contributed by atoms with Crippen LogP contribution in [0.2, 0.25) is 0 Å². The predicted octanol–water partition coefficient (Wildman–Crippen LogP) is 4.55. The van der Waals surface area contributed by atoms with Crippen LogP contribution in [-0.4, -0.2) is 23.3 Å². The van der Waals surface area contributed by atoms with Crippen LogP contribution in [0.25, 0.3) is 22.4 Å². The van der Waals surface area contributed by atoms with Crippen molar-refractivity contribution in [3.63, 3.8) is 0 Å². The van der Waals surface area contributed by atoms with E-state index < -0.39 is 12.1 Å². The Hall–Kier alpha value is -3.45. The molecule has 0 saturated carbocycles. The van der Waals surface area contributed by atoms with E-state index in [0.717, 1.165) is 10.9 Å². The molecule has 2 aromatic heterocycles. The van der Waals surface area contributed by atoms with E-state index >= 15 is 0 Å². The normalized spacial score (nSPS) is 12.2. The molecule has 0 saturated heterocycles. The Morgan fingerprint density at radius 1 is 1.04 bits per heavy atom. The quantitative estimate of drug-likeness (QED) is 0.455. The summed E-state index contributed by atoms with van der Waals surface area (Å²) >= 11 is 0. The zero-order valence-electron chi connectivity index (χ0n) is 15.4. The fourth-order valence-corrected chi connectivity index (χ4v) is 2.91. The van der Waals surface area contributed by atoms with Crippen molar-refractivity contribution in [2.75, 3.05) is 7.11 Å². The molecule has 4 rings (SSSR count). The number of carbonyl (C=O) groups is 1. The van der Waals surface area contributed by atoms with Gasteiger partial charge in [-0.05, 0) is 25.1 Å². The predicted molar refractivity (Wildman–Crippen MR) is 100 cm³/mol. The van der Waals surface area contributed by atoms with Crippen molar-refractivity contribution in [1.82, 2.24) is 10.2 Å². The second kappa shape index (κ2) is 7.66. The minimum absolute atomic E-state index is 0.109. The van der Waals surface area contributed by atoms with Crippen molar-refractivity contribution in [2.24, 2.45) is 0 Å². The van der Waals surface area contributed by atoms with Crippen molar-refractivity contribution < 1.29 is 23.1 Å². The molecule has 142 valence electrons. The minimum atomic E-state index is -0.735. The summed E-state index contributed by atoms with van der Waals surface area (Å²) in [6.07, 6.45) is -0.735. The second-order valence-corrected chi connectivity index (χ2v) is 6.20. The fourth-order valence-electron chi connectivity index (χ4n) is 2.91. The van der Waals surface area contributed by atoms with Gasteiger partial charge in [0.15, 0.2) is 6.10 Å². The summed E-state index contributed by atoms with van der Waals surface area (Å²) in [6.45, 7) is 1.90. The van der Waals surface area contributed by atoms with Gasteiger partial charge in [0.05, 0.1) is 6.61 Å². The van der Waals surface area contributed by atoms with Crippen LogP contribution < -0.4 is 0 Å². The maximum Gasteiger partial charge on any atom is 0.375 e. The molecule has 0 aliphatic heterocycles. The molecule has 0 unspecified atom stereocenters. The Balaban J connectivity index is 1.56. The summed E-state index contributed by atoms with van der Waals surface area (Å²) in [6, 6.07) is 16.7. The van der Waals surface area contributed by atoms with Crippen LogP contribution in [0.1, 0.15) is 35.0 Å². The lowest BCUT2D eigenvalue weighted by molar-refractivity contribution is 0.0241. The van der Waals surface area contributed by atoms with Crippen LogP contribution >= 0.6 is 0 Å². The number of para-hydroxylation sites is 1. The highest BCUT2D eigenvalue weighted by molar-refractivity contribution is 5.96. The van der Waals surface area contributed by atoms with Crippen LogP contribution in [0, 0.1) is 0 Å². The highest BCUT2D eigenvalue weighted by atomic mass is 16.6. The summed E-state index contributed by atoms with van der Waals surface area (Å²) in [5.74, 6) is 0.0619. The highest BCUT2D eigenvalue weighted by Crippen LogP contribution is 2.29.